The Bertz CT molecular complexity index is 1360. The van der Waals surface area contributed by atoms with Crippen molar-refractivity contribution in [3.05, 3.63) is 58.5 Å². The van der Waals surface area contributed by atoms with Gasteiger partial charge in [0.1, 0.15) is 22.9 Å². The third kappa shape index (κ3) is 6.53. The van der Waals surface area contributed by atoms with E-state index in [0.29, 0.717) is 31.7 Å². The SMILES string of the molecule is CCc1cc(-c2cnc(NC(=O)c3c(Cl)cnn3C3CCN(C(=O)OC(C)(C)C)CC3)c(C)c2)ccc1OC. The summed E-state index contributed by atoms with van der Waals surface area (Å²) in [5, 5.41) is 7.57. The lowest BCUT2D eigenvalue weighted by Crippen LogP contribution is -2.42. The van der Waals surface area contributed by atoms with Gasteiger partial charge in [-0.3, -0.25) is 9.48 Å². The van der Waals surface area contributed by atoms with Crippen LogP contribution in [0.4, 0.5) is 10.6 Å². The average Bonchev–Trinajstić information content (AvgIpc) is 3.29. The predicted octanol–water partition coefficient (Wildman–Crippen LogP) is 6.30. The van der Waals surface area contributed by atoms with E-state index in [4.69, 9.17) is 21.1 Å². The number of nitrogens with one attached hydrogen (secondary N) is 1. The van der Waals surface area contributed by atoms with Gasteiger partial charge in [0.25, 0.3) is 5.91 Å². The van der Waals surface area contributed by atoms with Gasteiger partial charge < -0.3 is 19.7 Å². The van der Waals surface area contributed by atoms with Crippen LogP contribution in [0.5, 0.6) is 5.75 Å². The van der Waals surface area contributed by atoms with E-state index in [1.165, 1.54) is 6.20 Å². The second kappa shape index (κ2) is 11.7. The van der Waals surface area contributed by atoms with Gasteiger partial charge in [0.2, 0.25) is 0 Å². The molecule has 1 fully saturated rings. The molecule has 0 aliphatic carbocycles. The average molecular weight is 554 g/mol. The van der Waals surface area contributed by atoms with E-state index in [1.807, 2.05) is 45.9 Å². The van der Waals surface area contributed by atoms with Gasteiger partial charge in [0.15, 0.2) is 0 Å². The maximum atomic E-state index is 13.4. The number of pyridine rings is 1. The van der Waals surface area contributed by atoms with E-state index < -0.39 is 5.60 Å². The Morgan fingerprint density at radius 3 is 2.46 bits per heavy atom. The van der Waals surface area contributed by atoms with Gasteiger partial charge in [-0.15, -0.1) is 0 Å². The number of methoxy groups -OCH3 is 1. The zero-order chi connectivity index (χ0) is 28.3. The summed E-state index contributed by atoms with van der Waals surface area (Å²) in [6, 6.07) is 7.98. The van der Waals surface area contributed by atoms with Crippen LogP contribution in [0.25, 0.3) is 11.1 Å². The largest absolute Gasteiger partial charge is 0.496 e. The Morgan fingerprint density at radius 2 is 1.85 bits per heavy atom. The number of rotatable bonds is 6. The van der Waals surface area contributed by atoms with Crippen molar-refractivity contribution in [2.75, 3.05) is 25.5 Å². The topological polar surface area (TPSA) is 98.6 Å². The van der Waals surface area contributed by atoms with Crippen molar-refractivity contribution >= 4 is 29.4 Å². The van der Waals surface area contributed by atoms with Gasteiger partial charge in [0, 0.05) is 24.8 Å². The number of benzene rings is 1. The summed E-state index contributed by atoms with van der Waals surface area (Å²) in [5.41, 5.74) is 3.64. The Hall–Kier alpha value is -3.59. The molecule has 3 aromatic rings. The van der Waals surface area contributed by atoms with E-state index in [0.717, 1.165) is 34.4 Å². The highest BCUT2D eigenvalue weighted by atomic mass is 35.5. The second-order valence-electron chi connectivity index (χ2n) is 10.7. The Morgan fingerprint density at radius 1 is 1.13 bits per heavy atom. The Kier molecular flexibility index (Phi) is 8.49. The van der Waals surface area contributed by atoms with Crippen LogP contribution in [0.2, 0.25) is 5.02 Å². The molecule has 0 saturated carbocycles. The van der Waals surface area contributed by atoms with Crippen LogP contribution in [-0.2, 0) is 11.2 Å². The van der Waals surface area contributed by atoms with Crippen LogP contribution >= 0.6 is 11.6 Å². The number of amides is 2. The molecule has 3 heterocycles. The van der Waals surface area contributed by atoms with Crippen molar-refractivity contribution in [2.45, 2.75) is 65.5 Å². The maximum Gasteiger partial charge on any atom is 0.410 e. The molecule has 1 aromatic carbocycles. The van der Waals surface area contributed by atoms with Crippen LogP contribution in [-0.4, -0.2) is 57.5 Å². The summed E-state index contributed by atoms with van der Waals surface area (Å²) in [6.45, 7) is 10.5. The normalized spacial score (nSPS) is 14.3. The fraction of sp³-hybridized carbons (Fsp3) is 0.448. The summed E-state index contributed by atoms with van der Waals surface area (Å²) in [4.78, 5) is 32.0. The third-order valence-electron chi connectivity index (χ3n) is 6.73. The fourth-order valence-corrected chi connectivity index (χ4v) is 4.93. The van der Waals surface area contributed by atoms with Gasteiger partial charge in [-0.2, -0.15) is 5.10 Å². The molecular formula is C29H36ClN5O4. The first-order valence-corrected chi connectivity index (χ1v) is 13.5. The molecule has 10 heteroatoms. The van der Waals surface area contributed by atoms with Crippen LogP contribution in [0.3, 0.4) is 0 Å². The molecule has 0 atom stereocenters. The summed E-state index contributed by atoms with van der Waals surface area (Å²) in [7, 11) is 1.67. The number of piperidine rings is 1. The van der Waals surface area contributed by atoms with Crippen molar-refractivity contribution in [2.24, 2.45) is 0 Å². The number of aryl methyl sites for hydroxylation is 2. The molecule has 208 valence electrons. The monoisotopic (exact) mass is 553 g/mol. The lowest BCUT2D eigenvalue weighted by Gasteiger charge is -2.33. The molecule has 1 saturated heterocycles. The van der Waals surface area contributed by atoms with Crippen LogP contribution in [0.15, 0.2) is 36.7 Å². The molecule has 39 heavy (non-hydrogen) atoms. The molecule has 4 rings (SSSR count). The molecule has 2 amide bonds. The molecule has 1 aliphatic rings. The molecule has 2 aromatic heterocycles. The van der Waals surface area contributed by atoms with Gasteiger partial charge in [-0.05, 0) is 81.8 Å². The number of anilines is 1. The smallest absolute Gasteiger partial charge is 0.410 e. The minimum Gasteiger partial charge on any atom is -0.496 e. The summed E-state index contributed by atoms with van der Waals surface area (Å²) in [6.07, 6.45) is 5.01. The van der Waals surface area contributed by atoms with Crippen molar-refractivity contribution in [3.63, 3.8) is 0 Å². The molecule has 1 N–H and O–H groups in total. The minimum absolute atomic E-state index is 0.0730. The predicted molar refractivity (Wildman–Crippen MR) is 152 cm³/mol. The van der Waals surface area contributed by atoms with E-state index >= 15 is 0 Å². The third-order valence-corrected chi connectivity index (χ3v) is 7.01. The number of carbonyl (C=O) groups is 2. The zero-order valence-electron chi connectivity index (χ0n) is 23.4. The molecule has 9 nitrogen and oxygen atoms in total. The van der Waals surface area contributed by atoms with Crippen LogP contribution in [0, 0.1) is 6.92 Å². The highest BCUT2D eigenvalue weighted by molar-refractivity contribution is 6.34. The number of aromatic nitrogens is 3. The highest BCUT2D eigenvalue weighted by Crippen LogP contribution is 2.30. The van der Waals surface area contributed by atoms with Crippen molar-refractivity contribution < 1.29 is 19.1 Å². The minimum atomic E-state index is -0.549. The number of likely N-dealkylation sites (tertiary alicyclic amines) is 1. The van der Waals surface area contributed by atoms with Crippen LogP contribution < -0.4 is 10.1 Å². The van der Waals surface area contributed by atoms with Gasteiger partial charge in [0.05, 0.1) is 24.4 Å². The standard InChI is InChI=1S/C29H36ClN5O4/c1-7-19-15-20(8-9-24(19)38-6)21-14-18(2)26(31-16-21)33-27(36)25-23(30)17-32-35(25)22-10-12-34(13-11-22)28(37)39-29(3,4)5/h8-9,14-17,22H,7,10-13H2,1-6H3,(H,31,33,36). The Labute approximate surface area is 234 Å². The molecule has 0 bridgehead atoms. The quantitative estimate of drug-likeness (QED) is 0.384. The number of carbonyl (C=O) groups excluding carboxylic acids is 2. The molecular weight excluding hydrogens is 518 g/mol. The summed E-state index contributed by atoms with van der Waals surface area (Å²) >= 11 is 6.42. The zero-order valence-corrected chi connectivity index (χ0v) is 24.1. The first-order chi connectivity index (χ1) is 18.5. The molecule has 0 spiro atoms. The Balaban J connectivity index is 1.47. The van der Waals surface area contributed by atoms with E-state index in [9.17, 15) is 9.59 Å². The highest BCUT2D eigenvalue weighted by Gasteiger charge is 2.30. The van der Waals surface area contributed by atoms with Gasteiger partial charge in [-0.25, -0.2) is 9.78 Å². The van der Waals surface area contributed by atoms with E-state index in [-0.39, 0.29) is 28.8 Å². The lowest BCUT2D eigenvalue weighted by molar-refractivity contribution is 0.0183. The number of ether oxygens (including phenoxy) is 2. The first kappa shape index (κ1) is 28.4. The second-order valence-corrected chi connectivity index (χ2v) is 11.1. The number of hydrogen-bond donors (Lipinski definition) is 1. The molecule has 1 aliphatic heterocycles. The van der Waals surface area contributed by atoms with E-state index in [1.54, 1.807) is 22.9 Å². The van der Waals surface area contributed by atoms with Crippen molar-refractivity contribution in [1.82, 2.24) is 19.7 Å². The van der Waals surface area contributed by atoms with Crippen LogP contribution in [0.1, 0.15) is 68.2 Å². The number of hydrogen-bond acceptors (Lipinski definition) is 6. The maximum absolute atomic E-state index is 13.4. The lowest BCUT2D eigenvalue weighted by atomic mass is 10.0. The van der Waals surface area contributed by atoms with E-state index in [2.05, 4.69) is 28.4 Å². The first-order valence-electron chi connectivity index (χ1n) is 13.2. The van der Waals surface area contributed by atoms with Gasteiger partial charge >= 0.3 is 6.09 Å². The molecule has 0 unspecified atom stereocenters. The van der Waals surface area contributed by atoms with Gasteiger partial charge in [-0.1, -0.05) is 24.6 Å². The summed E-state index contributed by atoms with van der Waals surface area (Å²) in [5.74, 6) is 0.934. The number of nitrogens with zero attached hydrogens (tertiary/aromatic N) is 4. The van der Waals surface area contributed by atoms with Crippen molar-refractivity contribution in [3.8, 4) is 16.9 Å². The molecule has 0 radical (unpaired) electrons. The van der Waals surface area contributed by atoms with Crippen molar-refractivity contribution in [1.29, 1.82) is 0 Å². The fourth-order valence-electron chi connectivity index (χ4n) is 4.71. The summed E-state index contributed by atoms with van der Waals surface area (Å²) < 4.78 is 12.6. The number of halogens is 1.